The second-order valence-electron chi connectivity index (χ2n) is 7.65. The summed E-state index contributed by atoms with van der Waals surface area (Å²) in [6.07, 6.45) is 9.66. The van der Waals surface area contributed by atoms with Crippen LogP contribution in [0, 0.1) is 5.41 Å². The van der Waals surface area contributed by atoms with Gasteiger partial charge in [0.25, 0.3) is 0 Å². The lowest BCUT2D eigenvalue weighted by Crippen LogP contribution is -2.57. The van der Waals surface area contributed by atoms with Gasteiger partial charge in [0.2, 0.25) is 0 Å². The molecule has 2 bridgehead atoms. The van der Waals surface area contributed by atoms with E-state index in [9.17, 15) is 4.79 Å². The molecule has 122 valence electrons. The van der Waals surface area contributed by atoms with Crippen molar-refractivity contribution in [3.05, 3.63) is 0 Å². The highest BCUT2D eigenvalue weighted by Crippen LogP contribution is 2.54. The molecule has 3 aliphatic rings. The molecule has 0 saturated heterocycles. The molecule has 3 rings (SSSR count). The molecule has 0 radical (unpaired) electrons. The van der Waals surface area contributed by atoms with Crippen molar-refractivity contribution in [1.82, 2.24) is 5.32 Å². The van der Waals surface area contributed by atoms with E-state index in [0.29, 0.717) is 5.41 Å². The van der Waals surface area contributed by atoms with Gasteiger partial charge in [0.1, 0.15) is 5.60 Å². The monoisotopic (exact) mass is 315 g/mol. The van der Waals surface area contributed by atoms with Crippen LogP contribution in [0.5, 0.6) is 0 Å². The fourth-order valence-electron chi connectivity index (χ4n) is 3.69. The summed E-state index contributed by atoms with van der Waals surface area (Å²) in [5.41, 5.74) is 0.000508. The Kier molecular flexibility index (Phi) is 5.14. The largest absolute Gasteiger partial charge is 0.444 e. The van der Waals surface area contributed by atoms with E-state index in [0.717, 1.165) is 32.3 Å². The molecule has 1 amide bonds. The molecule has 5 heteroatoms. The summed E-state index contributed by atoms with van der Waals surface area (Å²) < 4.78 is 10.9. The zero-order chi connectivity index (χ0) is 15.6. The maximum absolute atomic E-state index is 12.0. The van der Waals surface area contributed by atoms with E-state index in [1.807, 2.05) is 27.0 Å². The average Bonchev–Trinajstić information content (AvgIpc) is 2.39. The molecule has 0 unspecified atom stereocenters. The Hall–Kier alpha value is -0.420. The highest BCUT2D eigenvalue weighted by atomic mass is 32.2. The van der Waals surface area contributed by atoms with Crippen LogP contribution in [0.25, 0.3) is 0 Å². The van der Waals surface area contributed by atoms with Crippen LogP contribution in [0.4, 0.5) is 4.79 Å². The third-order valence-electron chi connectivity index (χ3n) is 5.00. The number of hydrogen-bond acceptors (Lipinski definition) is 4. The van der Waals surface area contributed by atoms with E-state index in [1.54, 1.807) is 0 Å². The highest BCUT2D eigenvalue weighted by molar-refractivity contribution is 7.93. The van der Waals surface area contributed by atoms with E-state index < -0.39 is 5.60 Å². The minimum Gasteiger partial charge on any atom is -0.444 e. The Morgan fingerprint density at radius 3 is 2.19 bits per heavy atom. The molecule has 4 nitrogen and oxygen atoms in total. The second kappa shape index (κ2) is 6.37. The third-order valence-corrected chi connectivity index (χ3v) is 5.40. The van der Waals surface area contributed by atoms with Gasteiger partial charge >= 0.3 is 6.09 Å². The lowest BCUT2D eigenvalue weighted by atomic mass is 9.56. The number of ether oxygens (including phenoxy) is 1. The molecule has 3 aliphatic carbocycles. The number of fused-ring (bicyclic) bond motifs is 3. The van der Waals surface area contributed by atoms with Crippen molar-refractivity contribution in [2.75, 3.05) is 12.9 Å². The minimum atomic E-state index is -0.428. The quantitative estimate of drug-likeness (QED) is 0.607. The molecule has 3 fully saturated rings. The number of carbonyl (C=O) groups excluding carboxylic acids is 1. The first-order valence-electron chi connectivity index (χ1n) is 7.95. The van der Waals surface area contributed by atoms with Crippen LogP contribution in [0.3, 0.4) is 0 Å². The molecule has 0 aromatic carbocycles. The van der Waals surface area contributed by atoms with Crippen LogP contribution in [0.15, 0.2) is 0 Å². The number of amides is 1. The van der Waals surface area contributed by atoms with Gasteiger partial charge in [0.05, 0.1) is 6.61 Å². The predicted molar refractivity (Wildman–Crippen MR) is 86.3 cm³/mol. The molecule has 0 aliphatic heterocycles. The first-order valence-corrected chi connectivity index (χ1v) is 9.10. The highest BCUT2D eigenvalue weighted by Gasteiger charge is 2.49. The molecule has 0 heterocycles. The Morgan fingerprint density at radius 1 is 1.14 bits per heavy atom. The summed E-state index contributed by atoms with van der Waals surface area (Å²) in [6.45, 7) is 6.56. The molecule has 0 spiro atoms. The summed E-state index contributed by atoms with van der Waals surface area (Å²) in [5.74, 6) is 0. The van der Waals surface area contributed by atoms with Gasteiger partial charge in [0, 0.05) is 11.8 Å². The molecule has 3 saturated carbocycles. The van der Waals surface area contributed by atoms with E-state index in [2.05, 4.69) is 5.32 Å². The Balaban J connectivity index is 1.85. The van der Waals surface area contributed by atoms with Gasteiger partial charge in [-0.25, -0.2) is 4.79 Å². The summed E-state index contributed by atoms with van der Waals surface area (Å²) in [5, 5.41) is 3.16. The van der Waals surface area contributed by atoms with Crippen molar-refractivity contribution in [3.8, 4) is 0 Å². The van der Waals surface area contributed by atoms with Crippen LogP contribution in [-0.4, -0.2) is 30.1 Å². The van der Waals surface area contributed by atoms with E-state index >= 15 is 0 Å². The average molecular weight is 315 g/mol. The van der Waals surface area contributed by atoms with Gasteiger partial charge in [-0.05, 0) is 83.2 Å². The third kappa shape index (κ3) is 4.52. The zero-order valence-electron chi connectivity index (χ0n) is 13.8. The maximum Gasteiger partial charge on any atom is 0.408 e. The molecule has 0 aromatic rings. The van der Waals surface area contributed by atoms with E-state index in [-0.39, 0.29) is 11.6 Å². The normalized spacial score (nSPS) is 32.0. The lowest BCUT2D eigenvalue weighted by Gasteiger charge is -2.53. The summed E-state index contributed by atoms with van der Waals surface area (Å²) in [6, 6.07) is 0. The van der Waals surface area contributed by atoms with Crippen molar-refractivity contribution in [2.45, 2.75) is 76.9 Å². The number of rotatable bonds is 5. The smallest absolute Gasteiger partial charge is 0.408 e. The van der Waals surface area contributed by atoms with E-state index in [1.165, 1.54) is 31.3 Å². The standard InChI is InChI=1S/C16H29NO3S/c1-14(2,3)20-13(18)17-16-8-5-15(6-9-16,7-10-16)11-12-19-21-4/h5-12H2,1-4H3,(H,17,18). The molecule has 0 atom stereocenters. The first-order chi connectivity index (χ1) is 9.78. The van der Waals surface area contributed by atoms with Crippen LogP contribution in [0.2, 0.25) is 0 Å². The van der Waals surface area contributed by atoms with Crippen LogP contribution < -0.4 is 5.32 Å². The van der Waals surface area contributed by atoms with Crippen molar-refractivity contribution in [3.63, 3.8) is 0 Å². The number of alkyl carbamates (subject to hydrolysis) is 1. The Morgan fingerprint density at radius 2 is 1.71 bits per heavy atom. The summed E-state index contributed by atoms with van der Waals surface area (Å²) in [7, 11) is 0. The molecule has 1 N–H and O–H groups in total. The zero-order valence-corrected chi connectivity index (χ0v) is 14.6. The van der Waals surface area contributed by atoms with Crippen molar-refractivity contribution in [1.29, 1.82) is 0 Å². The molecule has 0 aromatic heterocycles. The Labute approximate surface area is 132 Å². The minimum absolute atomic E-state index is 0.0234. The summed E-state index contributed by atoms with van der Waals surface area (Å²) in [4.78, 5) is 12.0. The first kappa shape index (κ1) is 16.9. The van der Waals surface area contributed by atoms with Crippen LogP contribution in [-0.2, 0) is 8.92 Å². The van der Waals surface area contributed by atoms with Crippen LogP contribution >= 0.6 is 12.0 Å². The van der Waals surface area contributed by atoms with Gasteiger partial charge in [-0.2, -0.15) is 0 Å². The number of nitrogens with one attached hydrogen (secondary N) is 1. The molecular weight excluding hydrogens is 286 g/mol. The van der Waals surface area contributed by atoms with Gasteiger partial charge in [0.15, 0.2) is 0 Å². The number of hydrogen-bond donors (Lipinski definition) is 1. The predicted octanol–water partition coefficient (Wildman–Crippen LogP) is 4.29. The SMILES string of the molecule is CSOCCC12CCC(NC(=O)OC(C)(C)C)(CC1)CC2. The Bertz CT molecular complexity index is 354. The fraction of sp³-hybridized carbons (Fsp3) is 0.938. The molecule has 21 heavy (non-hydrogen) atoms. The van der Waals surface area contributed by atoms with Gasteiger partial charge < -0.3 is 14.2 Å². The second-order valence-corrected chi connectivity index (χ2v) is 8.21. The number of carbonyl (C=O) groups is 1. The van der Waals surface area contributed by atoms with Crippen molar-refractivity contribution >= 4 is 18.1 Å². The van der Waals surface area contributed by atoms with Crippen molar-refractivity contribution in [2.24, 2.45) is 5.41 Å². The van der Waals surface area contributed by atoms with Gasteiger partial charge in [-0.15, -0.1) is 0 Å². The van der Waals surface area contributed by atoms with E-state index in [4.69, 9.17) is 8.92 Å². The lowest BCUT2D eigenvalue weighted by molar-refractivity contribution is -0.00371. The van der Waals surface area contributed by atoms with Crippen molar-refractivity contribution < 1.29 is 13.7 Å². The summed E-state index contributed by atoms with van der Waals surface area (Å²) >= 11 is 1.45. The maximum atomic E-state index is 12.0. The van der Waals surface area contributed by atoms with Gasteiger partial charge in [-0.1, -0.05) is 0 Å². The fourth-order valence-corrected chi connectivity index (χ4v) is 3.94. The topological polar surface area (TPSA) is 47.6 Å². The molecular formula is C16H29NO3S. The van der Waals surface area contributed by atoms with Gasteiger partial charge in [-0.3, -0.25) is 0 Å². The van der Waals surface area contributed by atoms with Crippen LogP contribution in [0.1, 0.15) is 65.7 Å².